The van der Waals surface area contributed by atoms with Crippen molar-refractivity contribution in [3.63, 3.8) is 0 Å². The zero-order valence-corrected chi connectivity index (χ0v) is 17.9. The number of amides is 1. The fourth-order valence-electron chi connectivity index (χ4n) is 3.94. The van der Waals surface area contributed by atoms with E-state index in [1.54, 1.807) is 25.6 Å². The molecular formula is C20H27N5O3S. The average molecular weight is 418 g/mol. The number of thiazole rings is 1. The molecule has 1 amide bonds. The molecule has 0 spiro atoms. The number of anilines is 1. The van der Waals surface area contributed by atoms with Crippen LogP contribution in [0.4, 0.5) is 5.13 Å². The first kappa shape index (κ1) is 20.1. The second kappa shape index (κ2) is 8.27. The molecule has 156 valence electrons. The van der Waals surface area contributed by atoms with Gasteiger partial charge in [-0.25, -0.2) is 15.8 Å². The summed E-state index contributed by atoms with van der Waals surface area (Å²) in [5.41, 5.74) is 8.45. The number of hydrogen-bond acceptors (Lipinski definition) is 8. The van der Waals surface area contributed by atoms with E-state index in [0.29, 0.717) is 5.13 Å². The van der Waals surface area contributed by atoms with Gasteiger partial charge in [0.05, 0.1) is 26.0 Å². The van der Waals surface area contributed by atoms with Crippen LogP contribution in [0, 0.1) is 5.92 Å². The molecule has 29 heavy (non-hydrogen) atoms. The summed E-state index contributed by atoms with van der Waals surface area (Å²) in [7, 11) is 5.38. The summed E-state index contributed by atoms with van der Waals surface area (Å²) in [6, 6.07) is 5.21. The fourth-order valence-corrected chi connectivity index (χ4v) is 5.03. The van der Waals surface area contributed by atoms with Gasteiger partial charge in [0, 0.05) is 35.9 Å². The third kappa shape index (κ3) is 3.95. The smallest absolute Gasteiger partial charge is 0.244 e. The van der Waals surface area contributed by atoms with Gasteiger partial charge in [-0.3, -0.25) is 4.79 Å². The number of carbonyl (C=O) groups is 1. The second-order valence-electron chi connectivity index (χ2n) is 7.58. The lowest BCUT2D eigenvalue weighted by Crippen LogP contribution is -2.41. The summed E-state index contributed by atoms with van der Waals surface area (Å²) in [5, 5.41) is 3.67. The number of fused-ring (bicyclic) bond motifs is 1. The maximum Gasteiger partial charge on any atom is 0.244 e. The molecule has 2 aliphatic heterocycles. The van der Waals surface area contributed by atoms with Crippen LogP contribution in [0.5, 0.6) is 11.5 Å². The van der Waals surface area contributed by atoms with Crippen LogP contribution in [-0.4, -0.2) is 49.6 Å². The molecular weight excluding hydrogens is 390 g/mol. The van der Waals surface area contributed by atoms with E-state index in [0.717, 1.165) is 42.3 Å². The Morgan fingerprint density at radius 2 is 2.14 bits per heavy atom. The highest BCUT2D eigenvalue weighted by Gasteiger charge is 2.39. The van der Waals surface area contributed by atoms with Crippen molar-refractivity contribution in [1.82, 2.24) is 20.7 Å². The lowest BCUT2D eigenvalue weighted by molar-refractivity contribution is -0.118. The van der Waals surface area contributed by atoms with Gasteiger partial charge in [-0.1, -0.05) is 6.92 Å². The molecule has 0 aliphatic carbocycles. The number of ether oxygens (including phenoxy) is 2. The number of likely N-dealkylation sites (N-methyl/N-ethyl adjacent to an activating group) is 1. The third-order valence-electron chi connectivity index (χ3n) is 5.65. The first-order valence-electron chi connectivity index (χ1n) is 9.71. The Balaban J connectivity index is 1.48. The monoisotopic (exact) mass is 417 g/mol. The fraction of sp³-hybridized carbons (Fsp3) is 0.500. The number of carbonyl (C=O) groups excluding carboxylic acids is 1. The summed E-state index contributed by atoms with van der Waals surface area (Å²) in [6.45, 7) is 3.93. The van der Waals surface area contributed by atoms with E-state index in [4.69, 9.17) is 9.47 Å². The minimum atomic E-state index is -0.389. The Labute approximate surface area is 174 Å². The van der Waals surface area contributed by atoms with Crippen molar-refractivity contribution in [2.45, 2.75) is 32.0 Å². The number of rotatable bonds is 5. The molecule has 2 aromatic rings. The predicted molar refractivity (Wildman–Crippen MR) is 112 cm³/mol. The molecule has 1 saturated heterocycles. The van der Waals surface area contributed by atoms with Crippen molar-refractivity contribution in [3.8, 4) is 11.5 Å². The highest BCUT2D eigenvalue weighted by Crippen LogP contribution is 2.37. The summed E-state index contributed by atoms with van der Waals surface area (Å²) < 4.78 is 10.9. The van der Waals surface area contributed by atoms with Crippen LogP contribution < -0.4 is 25.6 Å². The number of hydrogen-bond donors (Lipinski definition) is 3. The van der Waals surface area contributed by atoms with Crippen molar-refractivity contribution in [3.05, 3.63) is 34.3 Å². The molecule has 0 bridgehead atoms. The van der Waals surface area contributed by atoms with E-state index < -0.39 is 0 Å². The highest BCUT2D eigenvalue weighted by atomic mass is 32.1. The van der Waals surface area contributed by atoms with E-state index in [1.807, 2.05) is 25.1 Å². The average Bonchev–Trinajstić information content (AvgIpc) is 3.29. The van der Waals surface area contributed by atoms with Crippen LogP contribution in [0.1, 0.15) is 29.1 Å². The maximum atomic E-state index is 12.9. The Kier molecular flexibility index (Phi) is 5.73. The van der Waals surface area contributed by atoms with Crippen molar-refractivity contribution < 1.29 is 14.3 Å². The van der Waals surface area contributed by atoms with Crippen LogP contribution in [-0.2, 0) is 17.8 Å². The second-order valence-corrected chi connectivity index (χ2v) is 8.66. The zero-order chi connectivity index (χ0) is 20.5. The van der Waals surface area contributed by atoms with Gasteiger partial charge in [-0.15, -0.1) is 11.3 Å². The zero-order valence-electron chi connectivity index (χ0n) is 17.1. The standard InChI is InChI=1S/C20H27N5O3S/c1-11-17(13-9-12(27-3)5-6-15(13)28-4)23-24-18(11)19(26)22-20-21-14-7-8-25(2)10-16(14)29-20/h5-6,9,11,17-18,23-24H,7-8,10H2,1-4H3,(H,21,22,26). The number of nitrogens with zero attached hydrogens (tertiary/aromatic N) is 2. The summed E-state index contributed by atoms with van der Waals surface area (Å²) in [4.78, 5) is 21.1. The highest BCUT2D eigenvalue weighted by molar-refractivity contribution is 7.15. The molecule has 1 aromatic carbocycles. The van der Waals surface area contributed by atoms with Crippen LogP contribution in [0.25, 0.3) is 0 Å². The molecule has 3 heterocycles. The number of hydrazine groups is 1. The van der Waals surface area contributed by atoms with Crippen molar-refractivity contribution >= 4 is 22.4 Å². The number of nitrogens with one attached hydrogen (secondary N) is 3. The maximum absolute atomic E-state index is 12.9. The molecule has 0 saturated carbocycles. The van der Waals surface area contributed by atoms with Crippen molar-refractivity contribution in [2.75, 3.05) is 33.1 Å². The molecule has 0 radical (unpaired) electrons. The first-order valence-corrected chi connectivity index (χ1v) is 10.5. The van der Waals surface area contributed by atoms with Gasteiger partial charge in [0.2, 0.25) is 5.91 Å². The van der Waals surface area contributed by atoms with Crippen LogP contribution in [0.3, 0.4) is 0 Å². The van der Waals surface area contributed by atoms with Gasteiger partial charge in [0.25, 0.3) is 0 Å². The summed E-state index contributed by atoms with van der Waals surface area (Å²) in [6.07, 6.45) is 0.926. The SMILES string of the molecule is COc1ccc(OC)c(C2NNC(C(=O)Nc3nc4c(s3)CN(C)CC4)C2C)c1. The third-order valence-corrected chi connectivity index (χ3v) is 6.65. The van der Waals surface area contributed by atoms with Gasteiger partial charge in [0.15, 0.2) is 5.13 Å². The van der Waals surface area contributed by atoms with Crippen LogP contribution in [0.2, 0.25) is 0 Å². The lowest BCUT2D eigenvalue weighted by Gasteiger charge is -2.20. The van der Waals surface area contributed by atoms with Crippen molar-refractivity contribution in [1.29, 1.82) is 0 Å². The Bertz CT molecular complexity index is 902. The minimum Gasteiger partial charge on any atom is -0.497 e. The van der Waals surface area contributed by atoms with Gasteiger partial charge >= 0.3 is 0 Å². The lowest BCUT2D eigenvalue weighted by atomic mass is 9.90. The molecule has 2 aliphatic rings. The first-order chi connectivity index (χ1) is 14.0. The number of aromatic nitrogens is 1. The summed E-state index contributed by atoms with van der Waals surface area (Å²) in [5.74, 6) is 1.42. The van der Waals surface area contributed by atoms with E-state index in [1.165, 1.54) is 4.88 Å². The molecule has 3 atom stereocenters. The Morgan fingerprint density at radius 3 is 2.90 bits per heavy atom. The Morgan fingerprint density at radius 1 is 1.31 bits per heavy atom. The quantitative estimate of drug-likeness (QED) is 0.685. The molecule has 3 N–H and O–H groups in total. The van der Waals surface area contributed by atoms with Gasteiger partial charge in [0.1, 0.15) is 17.5 Å². The topological polar surface area (TPSA) is 87.8 Å². The number of methoxy groups -OCH3 is 2. The van der Waals surface area contributed by atoms with E-state index in [9.17, 15) is 4.79 Å². The van der Waals surface area contributed by atoms with E-state index in [-0.39, 0.29) is 23.9 Å². The Hall–Kier alpha value is -2.20. The number of benzene rings is 1. The normalized spacial score (nSPS) is 24.2. The van der Waals surface area contributed by atoms with E-state index >= 15 is 0 Å². The summed E-state index contributed by atoms with van der Waals surface area (Å²) >= 11 is 1.57. The molecule has 4 rings (SSSR count). The minimum absolute atomic E-state index is 0.00303. The van der Waals surface area contributed by atoms with Gasteiger partial charge in [-0.2, -0.15) is 0 Å². The van der Waals surface area contributed by atoms with Crippen molar-refractivity contribution in [2.24, 2.45) is 5.92 Å². The van der Waals surface area contributed by atoms with Crippen LogP contribution in [0.15, 0.2) is 18.2 Å². The molecule has 9 heteroatoms. The molecule has 8 nitrogen and oxygen atoms in total. The van der Waals surface area contributed by atoms with Gasteiger partial charge in [-0.05, 0) is 25.2 Å². The molecule has 3 unspecified atom stereocenters. The largest absolute Gasteiger partial charge is 0.497 e. The van der Waals surface area contributed by atoms with Crippen LogP contribution >= 0.6 is 11.3 Å². The predicted octanol–water partition coefficient (Wildman–Crippen LogP) is 1.94. The van der Waals surface area contributed by atoms with E-state index in [2.05, 4.69) is 33.1 Å². The van der Waals surface area contributed by atoms with Gasteiger partial charge < -0.3 is 19.7 Å². The molecule has 1 fully saturated rings. The molecule has 1 aromatic heterocycles.